The molecule has 6 unspecified atom stereocenters. The molecule has 0 aromatic rings. The largest absolute Gasteiger partial charge is 0.472 e. The van der Waals surface area contributed by atoms with Gasteiger partial charge in [-0.1, -0.05) is 264 Å². The van der Waals surface area contributed by atoms with Crippen molar-refractivity contribution < 1.29 is 63.1 Å². The second-order valence-corrected chi connectivity index (χ2v) is 22.3. The number of aliphatic hydroxyl groups is 5. The molecule has 0 aromatic heterocycles. The van der Waals surface area contributed by atoms with Crippen molar-refractivity contribution in [1.82, 2.24) is 0 Å². The van der Waals surface area contributed by atoms with Gasteiger partial charge in [-0.2, -0.15) is 0 Å². The number of carbonyl (C=O) groups is 2. The zero-order valence-corrected chi connectivity index (χ0v) is 45.7. The number of unbranched alkanes of at least 4 members (excludes halogenated alkanes) is 39. The van der Waals surface area contributed by atoms with Crippen LogP contribution in [0.15, 0.2) is 0 Å². The van der Waals surface area contributed by atoms with E-state index in [2.05, 4.69) is 13.8 Å². The van der Waals surface area contributed by atoms with E-state index in [1.165, 1.54) is 212 Å². The van der Waals surface area contributed by atoms with Crippen molar-refractivity contribution in [3.63, 3.8) is 0 Å². The Hall–Kier alpha value is -1.15. The third-order valence-electron chi connectivity index (χ3n) is 14.2. The number of hydrogen-bond donors (Lipinski definition) is 6. The van der Waals surface area contributed by atoms with Crippen LogP contribution in [-0.2, 0) is 32.7 Å². The van der Waals surface area contributed by atoms with Crippen LogP contribution in [0.3, 0.4) is 0 Å². The first kappa shape index (κ1) is 66.9. The number of ether oxygens (including phenoxy) is 2. The summed E-state index contributed by atoms with van der Waals surface area (Å²) in [5.41, 5.74) is 0. The third kappa shape index (κ3) is 37.6. The van der Waals surface area contributed by atoms with Crippen LogP contribution >= 0.6 is 7.82 Å². The number of hydrogen-bond acceptors (Lipinski definition) is 12. The molecule has 1 aliphatic carbocycles. The number of rotatable bonds is 51. The lowest BCUT2D eigenvalue weighted by Gasteiger charge is -2.41. The van der Waals surface area contributed by atoms with Gasteiger partial charge < -0.3 is 39.9 Å². The molecule has 1 rings (SSSR count). The van der Waals surface area contributed by atoms with E-state index in [-0.39, 0.29) is 12.8 Å². The van der Waals surface area contributed by atoms with Crippen LogP contribution in [0.4, 0.5) is 0 Å². The van der Waals surface area contributed by atoms with Crippen molar-refractivity contribution in [3.8, 4) is 0 Å². The fourth-order valence-electron chi connectivity index (χ4n) is 9.53. The molecule has 1 aliphatic rings. The molecular weight excluding hydrogens is 912 g/mol. The summed E-state index contributed by atoms with van der Waals surface area (Å²) in [4.78, 5) is 36.0. The van der Waals surface area contributed by atoms with Gasteiger partial charge in [0.2, 0.25) is 0 Å². The van der Waals surface area contributed by atoms with E-state index >= 15 is 0 Å². The van der Waals surface area contributed by atoms with E-state index in [0.717, 1.165) is 38.5 Å². The summed E-state index contributed by atoms with van der Waals surface area (Å²) in [7, 11) is -5.12. The minimum absolute atomic E-state index is 0.106. The number of esters is 2. The molecule has 0 spiro atoms. The molecule has 0 aliphatic heterocycles. The summed E-state index contributed by atoms with van der Waals surface area (Å²) in [5, 5.41) is 50.4. The monoisotopic (exact) mass is 1020 g/mol. The first-order chi connectivity index (χ1) is 33.9. The van der Waals surface area contributed by atoms with E-state index in [9.17, 15) is 44.6 Å². The molecule has 6 N–H and O–H groups in total. The van der Waals surface area contributed by atoms with Crippen LogP contribution in [0.25, 0.3) is 0 Å². The zero-order valence-electron chi connectivity index (χ0n) is 44.8. The summed E-state index contributed by atoms with van der Waals surface area (Å²) in [5.74, 6) is -1.07. The van der Waals surface area contributed by atoms with Gasteiger partial charge in [0.15, 0.2) is 6.10 Å². The molecule has 0 amide bonds. The predicted octanol–water partition coefficient (Wildman–Crippen LogP) is 13.6. The highest BCUT2D eigenvalue weighted by atomic mass is 31.2. The maximum absolute atomic E-state index is 12.9. The SMILES string of the molecule is CCCCCCCCCCCCCCCCCCCCCCCCC(=O)OC(COC(=O)CCCCCCCCCCCCCCCCCCCCC)COP(=O)(O)OC1C(O)C(O)C(O)C(O)C1O. The highest BCUT2D eigenvalue weighted by Crippen LogP contribution is 2.47. The van der Waals surface area contributed by atoms with Crippen molar-refractivity contribution in [2.45, 2.75) is 333 Å². The third-order valence-corrected chi connectivity index (χ3v) is 15.2. The Bertz CT molecular complexity index is 1230. The standard InChI is InChI=1S/C56H109O13P/c1-3-5-7-9-11-13-15-17-19-21-23-24-25-27-29-31-33-35-37-39-41-43-45-50(58)68-48(47-67-70(64,65)69-56-54(62)52(60)51(59)53(61)55(56)63)46-66-49(57)44-42-40-38-36-34-32-30-28-26-22-20-18-16-14-12-10-8-6-4-2/h48,51-56,59-63H,3-47H2,1-2H3,(H,64,65). The van der Waals surface area contributed by atoms with E-state index in [1.807, 2.05) is 0 Å². The molecular formula is C56H109O13P. The summed E-state index contributed by atoms with van der Waals surface area (Å²) in [6.45, 7) is 3.38. The highest BCUT2D eigenvalue weighted by Gasteiger charge is 2.51. The van der Waals surface area contributed by atoms with E-state index < -0.39 is 75.7 Å². The molecule has 0 radical (unpaired) electrons. The summed E-state index contributed by atoms with van der Waals surface area (Å²) >= 11 is 0. The van der Waals surface area contributed by atoms with Crippen LogP contribution in [0.1, 0.15) is 290 Å². The molecule has 0 aromatic carbocycles. The quantitative estimate of drug-likeness (QED) is 0.0191. The first-order valence-electron chi connectivity index (χ1n) is 29.3. The molecule has 1 saturated carbocycles. The van der Waals surface area contributed by atoms with Gasteiger partial charge in [-0.25, -0.2) is 4.57 Å². The molecule has 416 valence electrons. The predicted molar refractivity (Wildman–Crippen MR) is 281 cm³/mol. The maximum atomic E-state index is 12.9. The fraction of sp³-hybridized carbons (Fsp3) is 0.964. The van der Waals surface area contributed by atoms with Gasteiger partial charge in [-0.05, 0) is 12.8 Å². The Labute approximate surface area is 427 Å². The molecule has 70 heavy (non-hydrogen) atoms. The second kappa shape index (κ2) is 46.4. The average Bonchev–Trinajstić information content (AvgIpc) is 3.34. The molecule has 1 fully saturated rings. The summed E-state index contributed by atoms with van der Waals surface area (Å²) in [6.07, 6.45) is 38.6. The van der Waals surface area contributed by atoms with Gasteiger partial charge in [0.05, 0.1) is 6.61 Å². The molecule has 0 heterocycles. The van der Waals surface area contributed by atoms with Crippen molar-refractivity contribution in [1.29, 1.82) is 0 Å². The Balaban J connectivity index is 2.31. The fourth-order valence-corrected chi connectivity index (χ4v) is 10.5. The summed E-state index contributed by atoms with van der Waals surface area (Å²) < 4.78 is 33.8. The van der Waals surface area contributed by atoms with Crippen molar-refractivity contribution in [3.05, 3.63) is 0 Å². The second-order valence-electron chi connectivity index (χ2n) is 20.9. The number of phosphoric ester groups is 1. The summed E-state index contributed by atoms with van der Waals surface area (Å²) in [6, 6.07) is 0. The molecule has 0 saturated heterocycles. The van der Waals surface area contributed by atoms with E-state index in [1.54, 1.807) is 0 Å². The van der Waals surface area contributed by atoms with Gasteiger partial charge in [0.1, 0.15) is 43.2 Å². The van der Waals surface area contributed by atoms with E-state index in [4.69, 9.17) is 18.5 Å². The molecule has 14 heteroatoms. The van der Waals surface area contributed by atoms with Crippen LogP contribution in [0.5, 0.6) is 0 Å². The Kier molecular flexibility index (Phi) is 44.3. The number of phosphoric acid groups is 1. The number of carbonyl (C=O) groups excluding carboxylic acids is 2. The maximum Gasteiger partial charge on any atom is 0.472 e. The Morgan fingerprint density at radius 1 is 0.386 bits per heavy atom. The van der Waals surface area contributed by atoms with Crippen molar-refractivity contribution in [2.24, 2.45) is 0 Å². The molecule has 6 atom stereocenters. The van der Waals surface area contributed by atoms with Gasteiger partial charge in [-0.15, -0.1) is 0 Å². The smallest absolute Gasteiger partial charge is 0.462 e. The lowest BCUT2D eigenvalue weighted by atomic mass is 9.85. The lowest BCUT2D eigenvalue weighted by molar-refractivity contribution is -0.220. The van der Waals surface area contributed by atoms with Crippen LogP contribution < -0.4 is 0 Å². The topological polar surface area (TPSA) is 210 Å². The van der Waals surface area contributed by atoms with Gasteiger partial charge in [-0.3, -0.25) is 18.6 Å². The first-order valence-corrected chi connectivity index (χ1v) is 30.8. The van der Waals surface area contributed by atoms with Gasteiger partial charge >= 0.3 is 19.8 Å². The van der Waals surface area contributed by atoms with Gasteiger partial charge in [0.25, 0.3) is 0 Å². The molecule has 0 bridgehead atoms. The van der Waals surface area contributed by atoms with Crippen LogP contribution in [0.2, 0.25) is 0 Å². The van der Waals surface area contributed by atoms with Crippen molar-refractivity contribution >= 4 is 19.8 Å². The normalized spacial score (nSPS) is 20.6. The average molecular weight is 1020 g/mol. The van der Waals surface area contributed by atoms with Crippen LogP contribution in [0, 0.1) is 0 Å². The Morgan fingerprint density at radius 3 is 0.943 bits per heavy atom. The Morgan fingerprint density at radius 2 is 0.643 bits per heavy atom. The lowest BCUT2D eigenvalue weighted by Crippen LogP contribution is -2.64. The minimum atomic E-state index is -5.12. The molecule has 13 nitrogen and oxygen atoms in total. The zero-order chi connectivity index (χ0) is 51.3. The minimum Gasteiger partial charge on any atom is -0.462 e. The van der Waals surface area contributed by atoms with Gasteiger partial charge in [0, 0.05) is 12.8 Å². The van der Waals surface area contributed by atoms with E-state index in [0.29, 0.717) is 12.8 Å². The van der Waals surface area contributed by atoms with Crippen LogP contribution in [-0.4, -0.2) is 98.3 Å². The van der Waals surface area contributed by atoms with Crippen molar-refractivity contribution in [2.75, 3.05) is 13.2 Å². The number of aliphatic hydroxyl groups excluding tert-OH is 5. The highest BCUT2D eigenvalue weighted by molar-refractivity contribution is 7.47.